The summed E-state index contributed by atoms with van der Waals surface area (Å²) in [6, 6.07) is 3.89. The lowest BCUT2D eigenvalue weighted by molar-refractivity contribution is 0.0753. The maximum atomic E-state index is 13.9. The molecule has 2 heterocycles. The number of aromatic nitrogens is 3. The number of carbonyl (C=O) groups excluding carboxylic acids is 1. The molecule has 0 fully saturated rings. The maximum Gasteiger partial charge on any atom is 0.346 e. The van der Waals surface area contributed by atoms with Crippen molar-refractivity contribution in [2.24, 2.45) is 0 Å². The van der Waals surface area contributed by atoms with E-state index in [2.05, 4.69) is 5.10 Å². The first-order valence-corrected chi connectivity index (χ1v) is 8.29. The van der Waals surface area contributed by atoms with Gasteiger partial charge in [-0.2, -0.15) is 5.10 Å². The SMILES string of the molecule is COCCn1nc2n(c1=O)CCN(C(=O)c1cc(Cl)ccc1F)CC2. The predicted molar refractivity (Wildman–Crippen MR) is 89.4 cm³/mol. The van der Waals surface area contributed by atoms with Crippen LogP contribution < -0.4 is 5.69 Å². The first kappa shape index (κ1) is 17.6. The van der Waals surface area contributed by atoms with Gasteiger partial charge in [0.25, 0.3) is 5.91 Å². The van der Waals surface area contributed by atoms with Gasteiger partial charge in [-0.05, 0) is 18.2 Å². The van der Waals surface area contributed by atoms with Crippen LogP contribution in [0.15, 0.2) is 23.0 Å². The van der Waals surface area contributed by atoms with Crippen molar-refractivity contribution in [1.29, 1.82) is 0 Å². The molecule has 25 heavy (non-hydrogen) atoms. The quantitative estimate of drug-likeness (QED) is 0.812. The van der Waals surface area contributed by atoms with E-state index in [9.17, 15) is 14.0 Å². The largest absolute Gasteiger partial charge is 0.383 e. The van der Waals surface area contributed by atoms with E-state index in [1.807, 2.05) is 0 Å². The molecule has 7 nitrogen and oxygen atoms in total. The summed E-state index contributed by atoms with van der Waals surface area (Å²) in [5.41, 5.74) is -0.292. The van der Waals surface area contributed by atoms with Crippen LogP contribution in [0.25, 0.3) is 0 Å². The number of methoxy groups -OCH3 is 1. The molecule has 1 aliphatic rings. The summed E-state index contributed by atoms with van der Waals surface area (Å²) in [5, 5.41) is 4.60. The Kier molecular flexibility index (Phi) is 5.19. The van der Waals surface area contributed by atoms with Gasteiger partial charge in [0.1, 0.15) is 11.6 Å². The van der Waals surface area contributed by atoms with Crippen molar-refractivity contribution < 1.29 is 13.9 Å². The first-order chi connectivity index (χ1) is 12.0. The Morgan fingerprint density at radius 1 is 1.36 bits per heavy atom. The molecule has 1 aliphatic heterocycles. The molecule has 3 rings (SSSR count). The number of rotatable bonds is 4. The zero-order valence-corrected chi connectivity index (χ0v) is 14.5. The van der Waals surface area contributed by atoms with Gasteiger partial charge in [-0.3, -0.25) is 9.36 Å². The third kappa shape index (κ3) is 3.59. The van der Waals surface area contributed by atoms with Crippen molar-refractivity contribution in [3.63, 3.8) is 0 Å². The van der Waals surface area contributed by atoms with E-state index >= 15 is 0 Å². The summed E-state index contributed by atoms with van der Waals surface area (Å²) < 4.78 is 21.8. The second-order valence-corrected chi connectivity index (χ2v) is 6.17. The van der Waals surface area contributed by atoms with Crippen LogP contribution in [0.1, 0.15) is 16.2 Å². The molecule has 9 heteroatoms. The summed E-state index contributed by atoms with van der Waals surface area (Å²) in [4.78, 5) is 26.5. The fraction of sp³-hybridized carbons (Fsp3) is 0.438. The number of benzene rings is 1. The molecule has 1 aromatic carbocycles. The second kappa shape index (κ2) is 7.37. The molecule has 1 amide bonds. The van der Waals surface area contributed by atoms with Crippen LogP contribution in [0.5, 0.6) is 0 Å². The average molecular weight is 369 g/mol. The highest BCUT2D eigenvalue weighted by Crippen LogP contribution is 2.18. The van der Waals surface area contributed by atoms with Crippen molar-refractivity contribution >= 4 is 17.5 Å². The molecule has 0 unspecified atom stereocenters. The molecular weight excluding hydrogens is 351 g/mol. The van der Waals surface area contributed by atoms with Crippen LogP contribution in [0.4, 0.5) is 4.39 Å². The van der Waals surface area contributed by atoms with Gasteiger partial charge in [-0.15, -0.1) is 0 Å². The smallest absolute Gasteiger partial charge is 0.346 e. The second-order valence-electron chi connectivity index (χ2n) is 5.73. The van der Waals surface area contributed by atoms with Gasteiger partial charge in [-0.1, -0.05) is 11.6 Å². The molecule has 0 saturated carbocycles. The number of ether oxygens (including phenoxy) is 1. The lowest BCUT2D eigenvalue weighted by Gasteiger charge is -2.20. The highest BCUT2D eigenvalue weighted by Gasteiger charge is 2.24. The van der Waals surface area contributed by atoms with E-state index in [0.717, 1.165) is 0 Å². The number of halogens is 2. The Morgan fingerprint density at radius 3 is 2.92 bits per heavy atom. The van der Waals surface area contributed by atoms with Crippen molar-refractivity contribution in [3.8, 4) is 0 Å². The number of nitrogens with zero attached hydrogens (tertiary/aromatic N) is 4. The molecule has 0 spiro atoms. The van der Waals surface area contributed by atoms with Crippen molar-refractivity contribution in [3.05, 3.63) is 50.9 Å². The Balaban J connectivity index is 1.77. The van der Waals surface area contributed by atoms with E-state index in [1.54, 1.807) is 11.7 Å². The highest BCUT2D eigenvalue weighted by molar-refractivity contribution is 6.31. The molecule has 0 radical (unpaired) electrons. The van der Waals surface area contributed by atoms with E-state index in [0.29, 0.717) is 50.1 Å². The zero-order chi connectivity index (χ0) is 18.0. The number of carbonyl (C=O) groups is 1. The van der Waals surface area contributed by atoms with Crippen molar-refractivity contribution in [2.45, 2.75) is 19.5 Å². The molecule has 134 valence electrons. The molecule has 2 aromatic rings. The van der Waals surface area contributed by atoms with Gasteiger partial charge >= 0.3 is 5.69 Å². The number of amides is 1. The van der Waals surface area contributed by atoms with Gasteiger partial charge < -0.3 is 9.64 Å². The number of hydrogen-bond donors (Lipinski definition) is 0. The Bertz CT molecular complexity index is 848. The Labute approximate surface area is 148 Å². The van der Waals surface area contributed by atoms with Crippen LogP contribution in [-0.2, 0) is 24.2 Å². The molecule has 0 atom stereocenters. The van der Waals surface area contributed by atoms with Crippen LogP contribution in [0.2, 0.25) is 5.02 Å². The standard InChI is InChI=1S/C16H18ClFN4O3/c1-25-9-8-22-16(24)21-7-6-20(5-4-14(21)19-22)15(23)12-10-11(17)2-3-13(12)18/h2-3,10H,4-9H2,1H3. The molecule has 0 aliphatic carbocycles. The maximum absolute atomic E-state index is 13.9. The zero-order valence-electron chi connectivity index (χ0n) is 13.7. The molecule has 0 bridgehead atoms. The van der Waals surface area contributed by atoms with Crippen molar-refractivity contribution in [1.82, 2.24) is 19.2 Å². The van der Waals surface area contributed by atoms with Gasteiger partial charge in [-0.25, -0.2) is 13.9 Å². The molecule has 1 aromatic heterocycles. The summed E-state index contributed by atoms with van der Waals surface area (Å²) >= 11 is 5.86. The third-order valence-corrected chi connectivity index (χ3v) is 4.39. The fourth-order valence-corrected chi connectivity index (χ4v) is 2.99. The van der Waals surface area contributed by atoms with E-state index in [1.165, 1.54) is 27.8 Å². The average Bonchev–Trinajstić information content (AvgIpc) is 2.77. The number of hydrogen-bond acceptors (Lipinski definition) is 4. The molecule has 0 saturated heterocycles. The molecular formula is C16H18ClFN4O3. The van der Waals surface area contributed by atoms with Crippen molar-refractivity contribution in [2.75, 3.05) is 26.8 Å². The minimum absolute atomic E-state index is 0.0652. The normalized spacial score (nSPS) is 14.3. The first-order valence-electron chi connectivity index (χ1n) is 7.91. The predicted octanol–water partition coefficient (Wildman–Crippen LogP) is 1.18. The topological polar surface area (TPSA) is 69.4 Å². The monoisotopic (exact) mass is 368 g/mol. The van der Waals surface area contributed by atoms with E-state index in [-0.39, 0.29) is 11.3 Å². The van der Waals surface area contributed by atoms with Gasteiger partial charge in [0.2, 0.25) is 0 Å². The fourth-order valence-electron chi connectivity index (χ4n) is 2.82. The lowest BCUT2D eigenvalue weighted by atomic mass is 10.2. The van der Waals surface area contributed by atoms with Gasteiger partial charge in [0, 0.05) is 38.2 Å². The summed E-state index contributed by atoms with van der Waals surface area (Å²) in [6.07, 6.45) is 0.420. The Hall–Kier alpha value is -2.19. The van der Waals surface area contributed by atoms with Gasteiger partial charge in [0.15, 0.2) is 0 Å². The summed E-state index contributed by atoms with van der Waals surface area (Å²) in [6.45, 7) is 1.75. The summed E-state index contributed by atoms with van der Waals surface area (Å²) in [5.74, 6) is -0.438. The third-order valence-electron chi connectivity index (χ3n) is 4.15. The van der Waals surface area contributed by atoms with Crippen LogP contribution >= 0.6 is 11.6 Å². The Morgan fingerprint density at radius 2 is 2.16 bits per heavy atom. The van der Waals surface area contributed by atoms with Crippen LogP contribution in [0, 0.1) is 5.82 Å². The van der Waals surface area contributed by atoms with Gasteiger partial charge in [0.05, 0.1) is 18.7 Å². The minimum atomic E-state index is -0.613. The lowest BCUT2D eigenvalue weighted by Crippen LogP contribution is -2.35. The van der Waals surface area contributed by atoms with Crippen LogP contribution in [-0.4, -0.2) is 52.0 Å². The summed E-state index contributed by atoms with van der Waals surface area (Å²) in [7, 11) is 1.56. The highest BCUT2D eigenvalue weighted by atomic mass is 35.5. The van der Waals surface area contributed by atoms with E-state index < -0.39 is 11.7 Å². The molecule has 0 N–H and O–H groups in total. The number of fused-ring (bicyclic) bond motifs is 1. The van der Waals surface area contributed by atoms with Crippen LogP contribution in [0.3, 0.4) is 0 Å². The van der Waals surface area contributed by atoms with E-state index in [4.69, 9.17) is 16.3 Å². The minimum Gasteiger partial charge on any atom is -0.383 e.